The molecule has 35 heavy (non-hydrogen) atoms. The first-order valence-electron chi connectivity index (χ1n) is 12.4. The molecule has 0 fully saturated rings. The number of hydrogen-bond donors (Lipinski definition) is 5. The second kappa shape index (κ2) is 12.4. The molecule has 0 aliphatic carbocycles. The number of nitrogens with zero attached hydrogens (tertiary/aromatic N) is 1. The molecule has 0 saturated heterocycles. The molecule has 3 aromatic rings. The zero-order valence-electron chi connectivity index (χ0n) is 19.9. The summed E-state index contributed by atoms with van der Waals surface area (Å²) < 4.78 is 11.7. The lowest BCUT2D eigenvalue weighted by Gasteiger charge is -2.33. The Balaban J connectivity index is 1.62. The molecule has 1 aliphatic heterocycles. The predicted molar refractivity (Wildman–Crippen MR) is 135 cm³/mol. The minimum atomic E-state index is -1.38. The third-order valence-corrected chi connectivity index (χ3v) is 6.45. The van der Waals surface area contributed by atoms with E-state index in [0.29, 0.717) is 19.8 Å². The number of rotatable bonds is 4. The van der Waals surface area contributed by atoms with E-state index < -0.39 is 31.0 Å². The normalized spacial score (nSPS) is 23.7. The zero-order valence-corrected chi connectivity index (χ0v) is 19.9. The fourth-order valence-corrected chi connectivity index (χ4v) is 4.52. The van der Waals surface area contributed by atoms with E-state index >= 15 is 0 Å². The maximum absolute atomic E-state index is 11.0. The highest BCUT2D eigenvalue weighted by molar-refractivity contribution is 5.80. The molecule has 0 unspecified atom stereocenters. The molecule has 4 rings (SSSR count). The van der Waals surface area contributed by atoms with Crippen LogP contribution in [0.1, 0.15) is 31.4 Å². The Labute approximate surface area is 205 Å². The Kier molecular flexibility index (Phi) is 9.01. The number of β-amino-alcohol motifs (C(OH)–C–C–N with tert-alkyl or cyclic N) is 1. The number of aliphatic hydroxyl groups excluding tert-OH is 4. The topological polar surface area (TPSA) is 118 Å². The van der Waals surface area contributed by atoms with Crippen molar-refractivity contribution in [2.75, 3.05) is 31.3 Å². The van der Waals surface area contributed by atoms with E-state index in [1.807, 2.05) is 53.4 Å². The van der Waals surface area contributed by atoms with E-state index in [0.717, 1.165) is 53.7 Å². The van der Waals surface area contributed by atoms with Gasteiger partial charge < -0.3 is 39.8 Å². The molecule has 2 heterocycles. The standard InChI is InChI=1S/C27H36N2O6/c30-18-25(32)27-26(33)24(31)17-29(16-20-14-19-8-3-4-11-23(19)28-20)21-9-7-10-22(15-21)34-12-5-1-2-6-13-35-27/h3-4,7-11,14-15,24-28,30-33H,1-2,5-6,12-13,16-18H2/t24-,25-,26-,27-/m1/s1. The molecule has 2 aromatic carbocycles. The van der Waals surface area contributed by atoms with Gasteiger partial charge >= 0.3 is 0 Å². The quantitative estimate of drug-likeness (QED) is 0.386. The average molecular weight is 485 g/mol. The first-order valence-corrected chi connectivity index (χ1v) is 12.4. The molecule has 1 aromatic heterocycles. The summed E-state index contributed by atoms with van der Waals surface area (Å²) in [5.41, 5.74) is 2.81. The number of hydrogen-bond acceptors (Lipinski definition) is 7. The first kappa shape index (κ1) is 25.5. The Bertz CT molecular complexity index is 1020. The Hall–Kier alpha value is -2.62. The second-order valence-corrected chi connectivity index (χ2v) is 9.17. The fourth-order valence-electron chi connectivity index (χ4n) is 4.52. The molecule has 2 bridgehead atoms. The van der Waals surface area contributed by atoms with Gasteiger partial charge in [0.15, 0.2) is 0 Å². The van der Waals surface area contributed by atoms with E-state index in [4.69, 9.17) is 9.47 Å². The van der Waals surface area contributed by atoms with Crippen LogP contribution in [0.15, 0.2) is 54.6 Å². The number of anilines is 1. The summed E-state index contributed by atoms with van der Waals surface area (Å²) in [6, 6.07) is 17.8. The molecule has 190 valence electrons. The molecular weight excluding hydrogens is 448 g/mol. The third-order valence-electron chi connectivity index (χ3n) is 6.45. The van der Waals surface area contributed by atoms with Crippen molar-refractivity contribution in [2.45, 2.75) is 56.6 Å². The minimum Gasteiger partial charge on any atom is -0.494 e. The summed E-state index contributed by atoms with van der Waals surface area (Å²) in [7, 11) is 0. The molecule has 0 amide bonds. The molecule has 0 saturated carbocycles. The van der Waals surface area contributed by atoms with Gasteiger partial charge in [-0.3, -0.25) is 0 Å². The zero-order chi connectivity index (χ0) is 24.6. The van der Waals surface area contributed by atoms with Gasteiger partial charge in [0, 0.05) is 36.1 Å². The summed E-state index contributed by atoms with van der Waals surface area (Å²) in [5.74, 6) is 0.753. The molecule has 4 atom stereocenters. The van der Waals surface area contributed by atoms with E-state index in [9.17, 15) is 20.4 Å². The molecular formula is C27H36N2O6. The monoisotopic (exact) mass is 484 g/mol. The largest absolute Gasteiger partial charge is 0.494 e. The molecule has 5 N–H and O–H groups in total. The number of ether oxygens (including phenoxy) is 2. The van der Waals surface area contributed by atoms with E-state index in [-0.39, 0.29) is 6.54 Å². The molecule has 8 nitrogen and oxygen atoms in total. The van der Waals surface area contributed by atoms with Crippen molar-refractivity contribution < 1.29 is 29.9 Å². The van der Waals surface area contributed by atoms with Gasteiger partial charge in [-0.1, -0.05) is 30.7 Å². The van der Waals surface area contributed by atoms with Crippen LogP contribution in [-0.2, 0) is 11.3 Å². The van der Waals surface area contributed by atoms with Gasteiger partial charge in [0.1, 0.15) is 24.1 Å². The van der Waals surface area contributed by atoms with Gasteiger partial charge in [0.05, 0.1) is 25.9 Å². The minimum absolute atomic E-state index is 0.0813. The van der Waals surface area contributed by atoms with E-state index in [1.165, 1.54) is 0 Å². The maximum Gasteiger partial charge on any atom is 0.121 e. The average Bonchev–Trinajstić information content (AvgIpc) is 3.28. The van der Waals surface area contributed by atoms with Crippen molar-refractivity contribution >= 4 is 16.6 Å². The highest BCUT2D eigenvalue weighted by Crippen LogP contribution is 2.26. The van der Waals surface area contributed by atoms with Gasteiger partial charge in [-0.15, -0.1) is 0 Å². The Morgan fingerprint density at radius 3 is 2.57 bits per heavy atom. The van der Waals surface area contributed by atoms with Gasteiger partial charge in [-0.2, -0.15) is 0 Å². The van der Waals surface area contributed by atoms with Crippen LogP contribution >= 0.6 is 0 Å². The van der Waals surface area contributed by atoms with Crippen LogP contribution in [0.4, 0.5) is 5.69 Å². The van der Waals surface area contributed by atoms with Crippen LogP contribution in [0.2, 0.25) is 0 Å². The summed E-state index contributed by atoms with van der Waals surface area (Å²) in [6.07, 6.45) is -1.45. The Morgan fingerprint density at radius 1 is 0.971 bits per heavy atom. The highest BCUT2D eigenvalue weighted by Gasteiger charge is 2.34. The lowest BCUT2D eigenvalue weighted by atomic mass is 10.0. The number of fused-ring (bicyclic) bond motifs is 3. The molecule has 0 radical (unpaired) electrons. The van der Waals surface area contributed by atoms with Crippen molar-refractivity contribution in [3.8, 4) is 5.75 Å². The highest BCUT2D eigenvalue weighted by atomic mass is 16.5. The number of benzene rings is 2. The van der Waals surface area contributed by atoms with Crippen molar-refractivity contribution in [1.82, 2.24) is 4.98 Å². The number of aromatic nitrogens is 1. The van der Waals surface area contributed by atoms with Gasteiger partial charge in [-0.25, -0.2) is 0 Å². The van der Waals surface area contributed by atoms with Crippen LogP contribution < -0.4 is 9.64 Å². The van der Waals surface area contributed by atoms with Gasteiger partial charge in [-0.05, 0) is 48.9 Å². The van der Waals surface area contributed by atoms with Crippen molar-refractivity contribution in [3.05, 3.63) is 60.3 Å². The van der Waals surface area contributed by atoms with Gasteiger partial charge in [0.2, 0.25) is 0 Å². The lowest BCUT2D eigenvalue weighted by molar-refractivity contribution is -0.141. The van der Waals surface area contributed by atoms with Crippen molar-refractivity contribution in [2.24, 2.45) is 0 Å². The number of aliphatic hydroxyl groups is 4. The predicted octanol–water partition coefficient (Wildman–Crippen LogP) is 2.59. The van der Waals surface area contributed by atoms with Crippen LogP contribution in [0, 0.1) is 0 Å². The SMILES string of the molecule is OC[C@@H](O)[C@H]1OCCCCCCOc2cccc(c2)N(Cc2cc3ccccc3[nH]2)C[C@@H](O)[C@H]1O. The Morgan fingerprint density at radius 2 is 1.77 bits per heavy atom. The molecule has 1 aliphatic rings. The maximum atomic E-state index is 11.0. The summed E-state index contributed by atoms with van der Waals surface area (Å²) in [6.45, 7) is 0.907. The number of H-pyrrole nitrogens is 1. The van der Waals surface area contributed by atoms with E-state index in [2.05, 4.69) is 11.1 Å². The summed E-state index contributed by atoms with van der Waals surface area (Å²) in [4.78, 5) is 5.38. The lowest BCUT2D eigenvalue weighted by Crippen LogP contribution is -2.51. The van der Waals surface area contributed by atoms with Crippen LogP contribution in [0.25, 0.3) is 10.9 Å². The third kappa shape index (κ3) is 6.74. The van der Waals surface area contributed by atoms with Crippen molar-refractivity contribution in [3.63, 3.8) is 0 Å². The summed E-state index contributed by atoms with van der Waals surface area (Å²) >= 11 is 0. The number of aromatic amines is 1. The first-order chi connectivity index (χ1) is 17.0. The summed E-state index contributed by atoms with van der Waals surface area (Å²) in [5, 5.41) is 42.8. The van der Waals surface area contributed by atoms with Crippen LogP contribution in [0.3, 0.4) is 0 Å². The van der Waals surface area contributed by atoms with Gasteiger partial charge in [0.25, 0.3) is 0 Å². The van der Waals surface area contributed by atoms with Crippen molar-refractivity contribution in [1.29, 1.82) is 0 Å². The molecule has 8 heteroatoms. The molecule has 0 spiro atoms. The van der Waals surface area contributed by atoms with Crippen LogP contribution in [0.5, 0.6) is 5.75 Å². The number of nitrogens with one attached hydrogen (secondary N) is 1. The smallest absolute Gasteiger partial charge is 0.121 e. The van der Waals surface area contributed by atoms with Crippen LogP contribution in [-0.4, -0.2) is 76.2 Å². The second-order valence-electron chi connectivity index (χ2n) is 9.17. The number of para-hydroxylation sites is 1. The van der Waals surface area contributed by atoms with E-state index in [1.54, 1.807) is 0 Å². The fraction of sp³-hybridized carbons (Fsp3) is 0.481.